The molecule has 1 unspecified atom stereocenters. The molecule has 2 aliphatic heterocycles. The monoisotopic (exact) mass is 374 g/mol. The zero-order chi connectivity index (χ0) is 19.3. The van der Waals surface area contributed by atoms with Crippen LogP contribution in [0.2, 0.25) is 0 Å². The Balaban J connectivity index is 1.58. The number of nitriles is 1. The highest BCUT2D eigenvalue weighted by atomic mass is 16.5. The van der Waals surface area contributed by atoms with Crippen molar-refractivity contribution in [1.82, 2.24) is 19.8 Å². The summed E-state index contributed by atoms with van der Waals surface area (Å²) in [5.74, 6) is 0.395. The number of β-amino-alcohol motifs (C(OH)–C–C–N with tert-alkyl or cyclic N) is 1. The number of nitrogens with zero attached hydrogens (tertiary/aromatic N) is 6. The third-order valence-corrected chi connectivity index (χ3v) is 5.21. The highest BCUT2D eigenvalue weighted by Gasteiger charge is 2.43. The van der Waals surface area contributed by atoms with E-state index in [0.717, 1.165) is 6.42 Å². The van der Waals surface area contributed by atoms with Crippen molar-refractivity contribution in [2.75, 3.05) is 64.4 Å². The minimum Gasteiger partial charge on any atom is -0.383 e. The van der Waals surface area contributed by atoms with Crippen molar-refractivity contribution in [2.45, 2.75) is 18.4 Å². The molecule has 1 amide bonds. The van der Waals surface area contributed by atoms with Crippen molar-refractivity contribution in [3.63, 3.8) is 0 Å². The molecule has 1 atom stereocenters. The van der Waals surface area contributed by atoms with Gasteiger partial charge in [-0.15, -0.1) is 0 Å². The Morgan fingerprint density at radius 3 is 2.70 bits per heavy atom. The van der Waals surface area contributed by atoms with E-state index in [0.29, 0.717) is 70.4 Å². The summed E-state index contributed by atoms with van der Waals surface area (Å²) in [5.41, 5.74) is -1.01. The number of rotatable bonds is 6. The van der Waals surface area contributed by atoms with Gasteiger partial charge in [0.25, 0.3) is 5.91 Å². The molecule has 9 nitrogen and oxygen atoms in total. The largest absolute Gasteiger partial charge is 0.383 e. The summed E-state index contributed by atoms with van der Waals surface area (Å²) in [7, 11) is 1.61. The lowest BCUT2D eigenvalue weighted by Gasteiger charge is -2.43. The van der Waals surface area contributed by atoms with Gasteiger partial charge in [-0.3, -0.25) is 9.69 Å². The third kappa shape index (κ3) is 4.35. The Morgan fingerprint density at radius 1 is 1.26 bits per heavy atom. The van der Waals surface area contributed by atoms with Crippen molar-refractivity contribution < 1.29 is 14.6 Å². The smallest absolute Gasteiger partial charge is 0.255 e. The molecule has 2 saturated heterocycles. The van der Waals surface area contributed by atoms with E-state index in [2.05, 4.69) is 20.9 Å². The molecule has 3 heterocycles. The summed E-state index contributed by atoms with van der Waals surface area (Å²) in [6.45, 7) is 4.70. The number of methoxy groups -OCH3 is 1. The van der Waals surface area contributed by atoms with Gasteiger partial charge in [0.2, 0.25) is 0 Å². The molecule has 2 aliphatic rings. The van der Waals surface area contributed by atoms with Crippen LogP contribution < -0.4 is 4.90 Å². The Bertz CT molecular complexity index is 701. The molecule has 0 radical (unpaired) electrons. The molecule has 2 fully saturated rings. The maximum atomic E-state index is 12.7. The minimum atomic E-state index is -1.33. The highest BCUT2D eigenvalue weighted by molar-refractivity contribution is 5.86. The van der Waals surface area contributed by atoms with E-state index in [9.17, 15) is 15.2 Å². The molecule has 1 aromatic heterocycles. The number of likely N-dealkylation sites (tertiary alicyclic amines) is 1. The first kappa shape index (κ1) is 19.5. The Hall–Kier alpha value is -2.28. The van der Waals surface area contributed by atoms with E-state index in [1.165, 1.54) is 6.20 Å². The number of piperidine rings is 1. The fourth-order valence-corrected chi connectivity index (χ4v) is 3.76. The molecule has 146 valence electrons. The summed E-state index contributed by atoms with van der Waals surface area (Å²) in [4.78, 5) is 26.9. The first-order chi connectivity index (χ1) is 13.1. The van der Waals surface area contributed by atoms with Crippen molar-refractivity contribution in [2.24, 2.45) is 0 Å². The number of carbonyl (C=O) groups excluding carboxylic acids is 1. The number of ether oxygens (including phenoxy) is 1. The van der Waals surface area contributed by atoms with Crippen LogP contribution in [0.5, 0.6) is 0 Å². The van der Waals surface area contributed by atoms with Crippen molar-refractivity contribution in [3.05, 3.63) is 18.1 Å². The van der Waals surface area contributed by atoms with Crippen LogP contribution in [0.1, 0.15) is 18.5 Å². The number of hydrogen-bond donors (Lipinski definition) is 1. The van der Waals surface area contributed by atoms with Gasteiger partial charge >= 0.3 is 0 Å². The first-order valence-corrected chi connectivity index (χ1v) is 9.26. The summed E-state index contributed by atoms with van der Waals surface area (Å²) < 4.78 is 5.06. The average molecular weight is 374 g/mol. The van der Waals surface area contributed by atoms with Crippen molar-refractivity contribution >= 4 is 11.7 Å². The molecular formula is C18H26N6O3. The normalized spacial score (nSPS) is 24.1. The van der Waals surface area contributed by atoms with Crippen LogP contribution in [0, 0.1) is 11.3 Å². The Morgan fingerprint density at radius 2 is 2.00 bits per heavy atom. The van der Waals surface area contributed by atoms with Gasteiger partial charge in [0.1, 0.15) is 6.07 Å². The SMILES string of the molecule is COCCN1CCCC(O)(CN2CCN(c3nccnc3C#N)CC2)C1=O. The predicted molar refractivity (Wildman–Crippen MR) is 98.0 cm³/mol. The lowest BCUT2D eigenvalue weighted by Crippen LogP contribution is -2.61. The maximum absolute atomic E-state index is 12.7. The summed E-state index contributed by atoms with van der Waals surface area (Å²) in [6, 6.07) is 2.07. The average Bonchev–Trinajstić information content (AvgIpc) is 2.70. The van der Waals surface area contributed by atoms with Gasteiger partial charge in [-0.25, -0.2) is 9.97 Å². The van der Waals surface area contributed by atoms with E-state index >= 15 is 0 Å². The number of amides is 1. The van der Waals surface area contributed by atoms with E-state index < -0.39 is 5.60 Å². The minimum absolute atomic E-state index is 0.200. The molecule has 3 rings (SSSR count). The number of anilines is 1. The highest BCUT2D eigenvalue weighted by Crippen LogP contribution is 2.25. The van der Waals surface area contributed by atoms with E-state index in [-0.39, 0.29) is 5.91 Å². The number of carbonyl (C=O) groups is 1. The predicted octanol–water partition coefficient (Wildman–Crippen LogP) is -0.530. The van der Waals surface area contributed by atoms with Crippen LogP contribution >= 0.6 is 0 Å². The molecule has 1 aromatic rings. The number of piperazine rings is 1. The second kappa shape index (κ2) is 8.61. The summed E-state index contributed by atoms with van der Waals surface area (Å²) >= 11 is 0. The maximum Gasteiger partial charge on any atom is 0.255 e. The lowest BCUT2D eigenvalue weighted by molar-refractivity contribution is -0.160. The lowest BCUT2D eigenvalue weighted by atomic mass is 9.91. The second-order valence-electron chi connectivity index (χ2n) is 7.02. The van der Waals surface area contributed by atoms with Crippen LogP contribution in [-0.2, 0) is 9.53 Å². The topological polar surface area (TPSA) is 106 Å². The Kier molecular flexibility index (Phi) is 6.21. The van der Waals surface area contributed by atoms with Gasteiger partial charge in [-0.1, -0.05) is 0 Å². The second-order valence-corrected chi connectivity index (χ2v) is 7.02. The fourth-order valence-electron chi connectivity index (χ4n) is 3.76. The molecule has 1 N–H and O–H groups in total. The molecule has 27 heavy (non-hydrogen) atoms. The zero-order valence-corrected chi connectivity index (χ0v) is 15.7. The molecule has 0 bridgehead atoms. The van der Waals surface area contributed by atoms with E-state index in [4.69, 9.17) is 4.74 Å². The molecule has 0 aliphatic carbocycles. The van der Waals surface area contributed by atoms with Crippen LogP contribution in [0.15, 0.2) is 12.4 Å². The molecule has 0 spiro atoms. The molecule has 0 aromatic carbocycles. The van der Waals surface area contributed by atoms with Gasteiger partial charge in [0.15, 0.2) is 17.1 Å². The molecular weight excluding hydrogens is 348 g/mol. The van der Waals surface area contributed by atoms with Crippen LogP contribution in [0.25, 0.3) is 0 Å². The summed E-state index contributed by atoms with van der Waals surface area (Å²) in [5, 5.41) is 20.2. The number of aliphatic hydroxyl groups is 1. The molecule has 0 saturated carbocycles. The van der Waals surface area contributed by atoms with Gasteiger partial charge in [0.05, 0.1) is 6.61 Å². The first-order valence-electron chi connectivity index (χ1n) is 9.26. The van der Waals surface area contributed by atoms with Crippen molar-refractivity contribution in [3.8, 4) is 6.07 Å². The summed E-state index contributed by atoms with van der Waals surface area (Å²) in [6.07, 6.45) is 4.37. The van der Waals surface area contributed by atoms with Crippen LogP contribution in [-0.4, -0.2) is 95.9 Å². The third-order valence-electron chi connectivity index (χ3n) is 5.21. The Labute approximate surface area is 159 Å². The zero-order valence-electron chi connectivity index (χ0n) is 15.7. The van der Waals surface area contributed by atoms with Crippen LogP contribution in [0.3, 0.4) is 0 Å². The van der Waals surface area contributed by atoms with E-state index in [1.807, 2.05) is 4.90 Å². The van der Waals surface area contributed by atoms with Crippen LogP contribution in [0.4, 0.5) is 5.82 Å². The standard InChI is InChI=1S/C18H26N6O3/c1-27-12-11-24-6-2-3-18(26,17(24)25)14-22-7-9-23(10-8-22)16-15(13-19)20-4-5-21-16/h4-5,26H,2-3,6-12,14H2,1H3. The van der Waals surface area contributed by atoms with E-state index in [1.54, 1.807) is 18.2 Å². The molecule has 9 heteroatoms. The van der Waals surface area contributed by atoms with Gasteiger partial charge in [-0.05, 0) is 12.8 Å². The van der Waals surface area contributed by atoms with Crippen molar-refractivity contribution in [1.29, 1.82) is 5.26 Å². The van der Waals surface area contributed by atoms with Gasteiger partial charge in [-0.2, -0.15) is 5.26 Å². The fraction of sp³-hybridized carbons (Fsp3) is 0.667. The van der Waals surface area contributed by atoms with Gasteiger partial charge in [0, 0.05) is 65.3 Å². The number of aromatic nitrogens is 2. The number of hydrogen-bond acceptors (Lipinski definition) is 8. The van der Waals surface area contributed by atoms with Gasteiger partial charge < -0.3 is 19.6 Å². The quantitative estimate of drug-likeness (QED) is 0.708.